The quantitative estimate of drug-likeness (QED) is 0.767. The van der Waals surface area contributed by atoms with Gasteiger partial charge in [-0.05, 0) is 31.5 Å². The van der Waals surface area contributed by atoms with Gasteiger partial charge < -0.3 is 5.32 Å². The highest BCUT2D eigenvalue weighted by Crippen LogP contribution is 2.25. The fourth-order valence-electron chi connectivity index (χ4n) is 2.39. The predicted octanol–water partition coefficient (Wildman–Crippen LogP) is 3.93. The molecule has 0 fully saturated rings. The summed E-state index contributed by atoms with van der Waals surface area (Å²) >= 11 is 1.56. The molecule has 0 saturated heterocycles. The number of thiazole rings is 1. The van der Waals surface area contributed by atoms with Gasteiger partial charge in [0.2, 0.25) is 5.91 Å². The van der Waals surface area contributed by atoms with Crippen LogP contribution in [0.25, 0.3) is 11.3 Å². The monoisotopic (exact) mass is 337 g/mol. The van der Waals surface area contributed by atoms with Crippen LogP contribution < -0.4 is 5.32 Å². The van der Waals surface area contributed by atoms with Gasteiger partial charge in [-0.15, -0.1) is 11.3 Å². The minimum absolute atomic E-state index is 0.00649. The van der Waals surface area contributed by atoms with E-state index in [1.807, 2.05) is 55.6 Å². The van der Waals surface area contributed by atoms with Crippen molar-refractivity contribution in [1.29, 1.82) is 0 Å². The second kappa shape index (κ2) is 7.36. The number of amides is 1. The normalized spacial score (nSPS) is 11.9. The van der Waals surface area contributed by atoms with Gasteiger partial charge in [0, 0.05) is 23.3 Å². The largest absolute Gasteiger partial charge is 0.347 e. The third-order valence-electron chi connectivity index (χ3n) is 3.73. The van der Waals surface area contributed by atoms with E-state index >= 15 is 0 Å². The topological polar surface area (TPSA) is 54.9 Å². The molecule has 0 aliphatic carbocycles. The molecule has 1 atom stereocenters. The Bertz CT molecular complexity index is 812. The molecule has 24 heavy (non-hydrogen) atoms. The third kappa shape index (κ3) is 4.06. The van der Waals surface area contributed by atoms with Gasteiger partial charge in [-0.3, -0.25) is 9.78 Å². The van der Waals surface area contributed by atoms with Gasteiger partial charge in [0.1, 0.15) is 5.01 Å². The average molecular weight is 337 g/mol. The summed E-state index contributed by atoms with van der Waals surface area (Å²) in [6.45, 7) is 4.00. The average Bonchev–Trinajstić information content (AvgIpc) is 3.08. The summed E-state index contributed by atoms with van der Waals surface area (Å²) < 4.78 is 0. The van der Waals surface area contributed by atoms with E-state index in [9.17, 15) is 4.79 Å². The van der Waals surface area contributed by atoms with Crippen LogP contribution in [0.15, 0.2) is 54.2 Å². The fourth-order valence-corrected chi connectivity index (χ4v) is 3.22. The van der Waals surface area contributed by atoms with E-state index in [0.717, 1.165) is 21.8 Å². The first-order chi connectivity index (χ1) is 11.6. The number of aryl methyl sites for hydroxylation is 1. The van der Waals surface area contributed by atoms with Crippen LogP contribution in [0.5, 0.6) is 0 Å². The first-order valence-electron chi connectivity index (χ1n) is 7.82. The lowest BCUT2D eigenvalue weighted by Crippen LogP contribution is -2.28. The SMILES string of the molecule is Cc1ccc(CC(=O)NC(C)c2nc(-c3ccncc3)cs2)cc1. The van der Waals surface area contributed by atoms with Gasteiger partial charge in [0.25, 0.3) is 0 Å². The summed E-state index contributed by atoms with van der Waals surface area (Å²) in [6.07, 6.45) is 3.88. The standard InChI is InChI=1S/C19H19N3OS/c1-13-3-5-15(6-4-13)11-18(23)21-14(2)19-22-17(12-24-19)16-7-9-20-10-8-16/h3-10,12,14H,11H2,1-2H3,(H,21,23). The molecule has 2 aromatic heterocycles. The molecule has 1 aromatic carbocycles. The summed E-state index contributed by atoms with van der Waals surface area (Å²) in [4.78, 5) is 20.9. The number of nitrogens with one attached hydrogen (secondary N) is 1. The van der Waals surface area contributed by atoms with E-state index in [4.69, 9.17) is 0 Å². The Labute approximate surface area is 145 Å². The zero-order valence-corrected chi connectivity index (χ0v) is 14.5. The second-order valence-corrected chi connectivity index (χ2v) is 6.65. The van der Waals surface area contributed by atoms with Crippen LogP contribution in [0.1, 0.15) is 29.1 Å². The summed E-state index contributed by atoms with van der Waals surface area (Å²) in [5.41, 5.74) is 4.16. The molecule has 2 heterocycles. The van der Waals surface area contributed by atoms with Crippen molar-refractivity contribution in [2.24, 2.45) is 0 Å². The van der Waals surface area contributed by atoms with Crippen LogP contribution in [0.2, 0.25) is 0 Å². The molecule has 0 aliphatic rings. The molecular formula is C19H19N3OS. The number of hydrogen-bond donors (Lipinski definition) is 1. The van der Waals surface area contributed by atoms with Crippen molar-refractivity contribution in [3.8, 4) is 11.3 Å². The minimum Gasteiger partial charge on any atom is -0.347 e. The van der Waals surface area contributed by atoms with E-state index in [2.05, 4.69) is 15.3 Å². The van der Waals surface area contributed by atoms with Gasteiger partial charge in [0.15, 0.2) is 0 Å². The number of carbonyl (C=O) groups is 1. The molecule has 3 aromatic rings. The van der Waals surface area contributed by atoms with Crippen molar-refractivity contribution in [1.82, 2.24) is 15.3 Å². The molecule has 5 heteroatoms. The molecule has 0 bridgehead atoms. The summed E-state index contributed by atoms with van der Waals surface area (Å²) in [5, 5.41) is 5.93. The van der Waals surface area contributed by atoms with E-state index in [1.54, 1.807) is 23.7 Å². The van der Waals surface area contributed by atoms with Gasteiger partial charge in [-0.2, -0.15) is 0 Å². The Kier molecular flexibility index (Phi) is 5.01. The van der Waals surface area contributed by atoms with Crippen molar-refractivity contribution >= 4 is 17.2 Å². The lowest BCUT2D eigenvalue weighted by Gasteiger charge is -2.11. The van der Waals surface area contributed by atoms with E-state index in [0.29, 0.717) is 6.42 Å². The highest BCUT2D eigenvalue weighted by Gasteiger charge is 2.14. The number of hydrogen-bond acceptors (Lipinski definition) is 4. The van der Waals surface area contributed by atoms with Crippen LogP contribution in [0, 0.1) is 6.92 Å². The first-order valence-corrected chi connectivity index (χ1v) is 8.70. The molecule has 0 spiro atoms. The number of carbonyl (C=O) groups excluding carboxylic acids is 1. The maximum atomic E-state index is 12.2. The van der Waals surface area contributed by atoms with Crippen molar-refractivity contribution < 1.29 is 4.79 Å². The summed E-state index contributed by atoms with van der Waals surface area (Å²) in [6, 6.07) is 11.8. The molecule has 1 N–H and O–H groups in total. The maximum Gasteiger partial charge on any atom is 0.224 e. The minimum atomic E-state index is -0.108. The van der Waals surface area contributed by atoms with Gasteiger partial charge in [-0.1, -0.05) is 29.8 Å². The Hall–Kier alpha value is -2.53. The number of rotatable bonds is 5. The van der Waals surface area contributed by atoms with Crippen LogP contribution in [-0.2, 0) is 11.2 Å². The molecule has 0 aliphatic heterocycles. The molecule has 0 radical (unpaired) electrons. The van der Waals surface area contributed by atoms with Crippen LogP contribution in [-0.4, -0.2) is 15.9 Å². The number of benzene rings is 1. The van der Waals surface area contributed by atoms with Crippen molar-refractivity contribution in [2.75, 3.05) is 0 Å². The van der Waals surface area contributed by atoms with Crippen molar-refractivity contribution in [3.05, 3.63) is 70.3 Å². The smallest absolute Gasteiger partial charge is 0.224 e. The summed E-state index contributed by atoms with van der Waals surface area (Å²) in [5.74, 6) is 0.00649. The lowest BCUT2D eigenvalue weighted by molar-refractivity contribution is -0.121. The first kappa shape index (κ1) is 16.3. The second-order valence-electron chi connectivity index (χ2n) is 5.76. The highest BCUT2D eigenvalue weighted by molar-refractivity contribution is 7.10. The van der Waals surface area contributed by atoms with Gasteiger partial charge in [0.05, 0.1) is 18.2 Å². The predicted molar refractivity (Wildman–Crippen MR) is 96.8 cm³/mol. The van der Waals surface area contributed by atoms with Crippen molar-refractivity contribution in [3.63, 3.8) is 0 Å². The van der Waals surface area contributed by atoms with E-state index < -0.39 is 0 Å². The molecule has 122 valence electrons. The molecule has 4 nitrogen and oxygen atoms in total. The maximum absolute atomic E-state index is 12.2. The Morgan fingerprint density at radius 2 is 1.88 bits per heavy atom. The number of aromatic nitrogens is 2. The Morgan fingerprint density at radius 3 is 2.58 bits per heavy atom. The van der Waals surface area contributed by atoms with Crippen LogP contribution >= 0.6 is 11.3 Å². The van der Waals surface area contributed by atoms with Crippen LogP contribution in [0.3, 0.4) is 0 Å². The number of pyridine rings is 1. The van der Waals surface area contributed by atoms with Crippen LogP contribution in [0.4, 0.5) is 0 Å². The molecule has 3 rings (SSSR count). The van der Waals surface area contributed by atoms with Gasteiger partial charge >= 0.3 is 0 Å². The molecular weight excluding hydrogens is 318 g/mol. The van der Waals surface area contributed by atoms with E-state index in [1.165, 1.54) is 5.56 Å². The summed E-state index contributed by atoms with van der Waals surface area (Å²) in [7, 11) is 0. The van der Waals surface area contributed by atoms with Crippen molar-refractivity contribution in [2.45, 2.75) is 26.3 Å². The lowest BCUT2D eigenvalue weighted by atomic mass is 10.1. The number of nitrogens with zero attached hydrogens (tertiary/aromatic N) is 2. The fraction of sp³-hybridized carbons (Fsp3) is 0.211. The molecule has 0 saturated carbocycles. The third-order valence-corrected chi connectivity index (χ3v) is 4.76. The van der Waals surface area contributed by atoms with E-state index in [-0.39, 0.29) is 11.9 Å². The Morgan fingerprint density at radius 1 is 1.17 bits per heavy atom. The highest BCUT2D eigenvalue weighted by atomic mass is 32.1. The molecule has 1 unspecified atom stereocenters. The zero-order valence-electron chi connectivity index (χ0n) is 13.7. The zero-order chi connectivity index (χ0) is 16.9. The van der Waals surface area contributed by atoms with Gasteiger partial charge in [-0.25, -0.2) is 4.98 Å². The Balaban J connectivity index is 1.62. The molecule has 1 amide bonds.